The summed E-state index contributed by atoms with van der Waals surface area (Å²) in [5, 5.41) is 11.3. The van der Waals surface area contributed by atoms with E-state index in [2.05, 4.69) is 5.73 Å². The molecule has 0 radical (unpaired) electrons. The van der Waals surface area contributed by atoms with E-state index in [0.29, 0.717) is 11.8 Å². The summed E-state index contributed by atoms with van der Waals surface area (Å²) in [6, 6.07) is 0. The third kappa shape index (κ3) is 0.991. The van der Waals surface area contributed by atoms with Gasteiger partial charge in [-0.05, 0) is 31.1 Å². The molecule has 4 rings (SSSR count). The minimum Gasteiger partial charge on any atom is -0.550 e. The van der Waals surface area contributed by atoms with Gasteiger partial charge in [0.1, 0.15) is 0 Å². The minimum atomic E-state index is -0.806. The summed E-state index contributed by atoms with van der Waals surface area (Å²) in [5.74, 6) is 0.429. The topological polar surface area (TPSA) is 67.8 Å². The van der Waals surface area contributed by atoms with Crippen molar-refractivity contribution in [3.63, 3.8) is 0 Å². The zero-order valence-electron chi connectivity index (χ0n) is 8.42. The van der Waals surface area contributed by atoms with Gasteiger partial charge in [0.05, 0.1) is 5.54 Å². The van der Waals surface area contributed by atoms with Crippen LogP contribution in [0, 0.1) is 17.3 Å². The second-order valence-corrected chi connectivity index (χ2v) is 6.03. The maximum Gasteiger partial charge on any atom is 0.0960 e. The second-order valence-electron chi connectivity index (χ2n) is 6.03. The summed E-state index contributed by atoms with van der Waals surface area (Å²) in [5.41, 5.74) is 3.85. The van der Waals surface area contributed by atoms with Crippen LogP contribution in [0.4, 0.5) is 0 Å². The Labute approximate surface area is 83.7 Å². The van der Waals surface area contributed by atoms with Crippen LogP contribution in [0.5, 0.6) is 0 Å². The van der Waals surface area contributed by atoms with Gasteiger partial charge in [0.2, 0.25) is 0 Å². The lowest BCUT2D eigenvalue weighted by atomic mass is 9.47. The van der Waals surface area contributed by atoms with Crippen LogP contribution in [0.1, 0.15) is 38.5 Å². The molecular weight excluding hydrogens is 178 g/mol. The molecule has 0 aliphatic heterocycles. The SMILES string of the molecule is [NH3+]C12C[C@H]3C[C@H](C1)CC(C(=O)[O-])(C3)C2. The average molecular weight is 195 g/mol. The molecule has 0 spiro atoms. The second kappa shape index (κ2) is 2.32. The van der Waals surface area contributed by atoms with Crippen LogP contribution in [-0.4, -0.2) is 11.5 Å². The Balaban J connectivity index is 2.00. The third-order valence-electron chi connectivity index (χ3n) is 4.62. The van der Waals surface area contributed by atoms with E-state index in [-0.39, 0.29) is 5.54 Å². The van der Waals surface area contributed by atoms with Gasteiger partial charge in [0, 0.05) is 30.6 Å². The highest BCUT2D eigenvalue weighted by atomic mass is 16.4. The standard InChI is InChI=1S/C11H17NO2/c12-11-4-7-1-8(5-11)3-10(2-7,6-11)9(13)14/h7-8H,1-6,12H2,(H,13,14)/t7-,8-,10?,11?/m0/s1. The van der Waals surface area contributed by atoms with E-state index in [1.807, 2.05) is 0 Å². The van der Waals surface area contributed by atoms with Crippen molar-refractivity contribution in [2.24, 2.45) is 17.3 Å². The molecule has 0 unspecified atom stereocenters. The summed E-state index contributed by atoms with van der Waals surface area (Å²) < 4.78 is 0. The molecule has 14 heavy (non-hydrogen) atoms. The number of hydrogen-bond donors (Lipinski definition) is 1. The molecule has 0 saturated heterocycles. The molecule has 0 heterocycles. The van der Waals surface area contributed by atoms with E-state index in [1.165, 1.54) is 6.42 Å². The van der Waals surface area contributed by atoms with Crippen LogP contribution in [0.25, 0.3) is 0 Å². The third-order valence-corrected chi connectivity index (χ3v) is 4.62. The number of carboxylic acids is 1. The molecular formula is C11H17NO2. The summed E-state index contributed by atoms with van der Waals surface area (Å²) in [6.07, 6.45) is 6.05. The molecule has 4 aliphatic rings. The fourth-order valence-corrected chi connectivity index (χ4v) is 4.69. The molecule has 4 saturated carbocycles. The maximum absolute atomic E-state index is 11.3. The molecule has 4 bridgehead atoms. The van der Waals surface area contributed by atoms with Gasteiger partial charge < -0.3 is 15.6 Å². The zero-order chi connectivity index (χ0) is 9.97. The van der Waals surface area contributed by atoms with Gasteiger partial charge in [-0.25, -0.2) is 0 Å². The van der Waals surface area contributed by atoms with E-state index in [1.54, 1.807) is 0 Å². The molecule has 0 aromatic carbocycles. The van der Waals surface area contributed by atoms with Crippen LogP contribution in [0.2, 0.25) is 0 Å². The Bertz CT molecular complexity index is 286. The van der Waals surface area contributed by atoms with Crippen molar-refractivity contribution >= 4 is 5.97 Å². The van der Waals surface area contributed by atoms with Gasteiger partial charge in [0.15, 0.2) is 0 Å². The van der Waals surface area contributed by atoms with E-state index >= 15 is 0 Å². The Kier molecular flexibility index (Phi) is 1.45. The lowest BCUT2D eigenvalue weighted by Gasteiger charge is -2.59. The summed E-state index contributed by atoms with van der Waals surface area (Å²) in [6.45, 7) is 0. The Morgan fingerprint density at radius 2 is 1.79 bits per heavy atom. The maximum atomic E-state index is 11.3. The van der Waals surface area contributed by atoms with Gasteiger partial charge in [-0.2, -0.15) is 0 Å². The normalized spacial score (nSPS) is 54.9. The van der Waals surface area contributed by atoms with Gasteiger partial charge in [-0.3, -0.25) is 0 Å². The molecule has 0 aromatic heterocycles. The fourth-order valence-electron chi connectivity index (χ4n) is 4.69. The number of rotatable bonds is 1. The number of quaternary nitrogens is 1. The van der Waals surface area contributed by atoms with Gasteiger partial charge in [-0.15, -0.1) is 0 Å². The predicted octanol–water partition coefficient (Wildman–Crippen LogP) is -0.683. The number of carbonyl (C=O) groups excluding carboxylic acids is 1. The number of aliphatic carboxylic acids is 1. The first-order chi connectivity index (χ1) is 6.51. The molecule has 3 heteroatoms. The Morgan fingerprint density at radius 3 is 2.21 bits per heavy atom. The van der Waals surface area contributed by atoms with Gasteiger partial charge in [0.25, 0.3) is 0 Å². The van der Waals surface area contributed by atoms with Crippen LogP contribution < -0.4 is 10.8 Å². The first-order valence-corrected chi connectivity index (χ1v) is 5.58. The smallest absolute Gasteiger partial charge is 0.0960 e. The van der Waals surface area contributed by atoms with Crippen molar-refractivity contribution in [1.29, 1.82) is 0 Å². The highest BCUT2D eigenvalue weighted by molar-refractivity contribution is 5.73. The zero-order valence-corrected chi connectivity index (χ0v) is 8.42. The molecule has 2 atom stereocenters. The molecule has 0 aromatic rings. The van der Waals surface area contributed by atoms with E-state index in [4.69, 9.17) is 0 Å². The number of carbonyl (C=O) groups is 1. The Hall–Kier alpha value is -0.570. The van der Waals surface area contributed by atoms with Crippen molar-refractivity contribution in [1.82, 2.24) is 0 Å². The lowest BCUT2D eigenvalue weighted by molar-refractivity contribution is -0.510. The van der Waals surface area contributed by atoms with Gasteiger partial charge >= 0.3 is 0 Å². The number of carboxylic acid groups (broad SMARTS) is 1. The first-order valence-electron chi connectivity index (χ1n) is 5.58. The summed E-state index contributed by atoms with van der Waals surface area (Å²) in [7, 11) is 0. The Morgan fingerprint density at radius 1 is 1.21 bits per heavy atom. The van der Waals surface area contributed by atoms with Crippen molar-refractivity contribution in [3.05, 3.63) is 0 Å². The van der Waals surface area contributed by atoms with Crippen molar-refractivity contribution in [2.75, 3.05) is 0 Å². The number of hydrogen-bond acceptors (Lipinski definition) is 2. The monoisotopic (exact) mass is 195 g/mol. The van der Waals surface area contributed by atoms with Crippen molar-refractivity contribution in [2.45, 2.75) is 44.1 Å². The largest absolute Gasteiger partial charge is 0.550 e. The predicted molar refractivity (Wildman–Crippen MR) is 47.7 cm³/mol. The summed E-state index contributed by atoms with van der Waals surface area (Å²) in [4.78, 5) is 11.3. The molecule has 4 aliphatic carbocycles. The van der Waals surface area contributed by atoms with E-state index < -0.39 is 11.4 Å². The molecule has 4 fully saturated rings. The average Bonchev–Trinajstić information content (AvgIpc) is 1.98. The quantitative estimate of drug-likeness (QED) is 0.602. The van der Waals surface area contributed by atoms with E-state index in [0.717, 1.165) is 32.1 Å². The fraction of sp³-hybridized carbons (Fsp3) is 0.909. The first kappa shape index (κ1) is 8.72. The van der Waals surface area contributed by atoms with Crippen LogP contribution in [0.3, 0.4) is 0 Å². The highest BCUT2D eigenvalue weighted by Crippen LogP contribution is 2.59. The lowest BCUT2D eigenvalue weighted by Crippen LogP contribution is -2.80. The summed E-state index contributed by atoms with van der Waals surface area (Å²) >= 11 is 0. The molecule has 3 N–H and O–H groups in total. The van der Waals surface area contributed by atoms with Crippen LogP contribution >= 0.6 is 0 Å². The molecule has 0 amide bonds. The van der Waals surface area contributed by atoms with Crippen LogP contribution in [0.15, 0.2) is 0 Å². The van der Waals surface area contributed by atoms with Crippen molar-refractivity contribution in [3.8, 4) is 0 Å². The minimum absolute atomic E-state index is 0.0736. The molecule has 3 nitrogen and oxygen atoms in total. The highest BCUT2D eigenvalue weighted by Gasteiger charge is 2.58. The van der Waals surface area contributed by atoms with Gasteiger partial charge in [-0.1, -0.05) is 0 Å². The molecule has 78 valence electrons. The van der Waals surface area contributed by atoms with Crippen molar-refractivity contribution < 1.29 is 15.6 Å². The van der Waals surface area contributed by atoms with E-state index in [9.17, 15) is 9.90 Å². The van der Waals surface area contributed by atoms with Crippen LogP contribution in [-0.2, 0) is 4.79 Å².